The molecule has 0 radical (unpaired) electrons. The number of halogens is 1. The van der Waals surface area contributed by atoms with E-state index in [9.17, 15) is 0 Å². The Balaban J connectivity index is 2.08. The first-order valence-electron chi connectivity index (χ1n) is 6.98. The third kappa shape index (κ3) is 4.67. The van der Waals surface area contributed by atoms with E-state index in [0.717, 1.165) is 11.3 Å². The number of hydrazone groups is 1. The maximum Gasteiger partial charge on any atom is 0.162 e. The minimum absolute atomic E-state index is 0.0771. The lowest BCUT2D eigenvalue weighted by Gasteiger charge is -2.13. The first-order valence-corrected chi connectivity index (χ1v) is 7.35. The number of nitrogens with one attached hydrogen (secondary N) is 1. The summed E-state index contributed by atoms with van der Waals surface area (Å²) in [6.07, 6.45) is 1.80. The van der Waals surface area contributed by atoms with E-state index < -0.39 is 0 Å². The molecule has 1 N–H and O–H groups in total. The van der Waals surface area contributed by atoms with Crippen LogP contribution in [0.4, 0.5) is 5.69 Å². The predicted molar refractivity (Wildman–Crippen MR) is 91.4 cm³/mol. The smallest absolute Gasteiger partial charge is 0.162 e. The Morgan fingerprint density at radius 3 is 2.45 bits per heavy atom. The second-order valence-electron chi connectivity index (χ2n) is 4.95. The largest absolute Gasteiger partial charge is 0.493 e. The van der Waals surface area contributed by atoms with Gasteiger partial charge in [-0.05, 0) is 61.9 Å². The van der Waals surface area contributed by atoms with E-state index in [0.29, 0.717) is 16.5 Å². The summed E-state index contributed by atoms with van der Waals surface area (Å²) in [5.41, 5.74) is 4.73. The molecule has 0 fully saturated rings. The van der Waals surface area contributed by atoms with Gasteiger partial charge in [0.1, 0.15) is 0 Å². The van der Waals surface area contributed by atoms with Crippen molar-refractivity contribution in [2.24, 2.45) is 5.10 Å². The first-order chi connectivity index (χ1) is 10.6. The fourth-order valence-electron chi connectivity index (χ4n) is 1.83. The van der Waals surface area contributed by atoms with Crippen LogP contribution in [0.15, 0.2) is 47.6 Å². The van der Waals surface area contributed by atoms with E-state index in [1.807, 2.05) is 44.2 Å². The predicted octanol–water partition coefficient (Wildman–Crippen LogP) is 4.58. The van der Waals surface area contributed by atoms with Gasteiger partial charge in [0, 0.05) is 5.02 Å². The van der Waals surface area contributed by atoms with Crippen molar-refractivity contribution in [1.82, 2.24) is 0 Å². The molecule has 5 heteroatoms. The zero-order chi connectivity index (χ0) is 15.9. The summed E-state index contributed by atoms with van der Waals surface area (Å²) >= 11 is 5.84. The van der Waals surface area contributed by atoms with Gasteiger partial charge in [-0.2, -0.15) is 5.10 Å². The Labute approximate surface area is 135 Å². The van der Waals surface area contributed by atoms with E-state index in [1.165, 1.54) is 0 Å². The monoisotopic (exact) mass is 318 g/mol. The van der Waals surface area contributed by atoms with E-state index in [-0.39, 0.29) is 6.10 Å². The van der Waals surface area contributed by atoms with Crippen molar-refractivity contribution in [2.45, 2.75) is 20.0 Å². The van der Waals surface area contributed by atoms with Crippen LogP contribution in [0.5, 0.6) is 11.5 Å². The van der Waals surface area contributed by atoms with Gasteiger partial charge in [-0.3, -0.25) is 5.43 Å². The summed E-state index contributed by atoms with van der Waals surface area (Å²) in [7, 11) is 1.62. The van der Waals surface area contributed by atoms with Crippen molar-refractivity contribution in [3.8, 4) is 11.5 Å². The van der Waals surface area contributed by atoms with Crippen LogP contribution in [0.2, 0.25) is 5.02 Å². The summed E-state index contributed by atoms with van der Waals surface area (Å²) in [6, 6.07) is 13.0. The van der Waals surface area contributed by atoms with Crippen LogP contribution in [-0.2, 0) is 0 Å². The molecule has 4 nitrogen and oxygen atoms in total. The van der Waals surface area contributed by atoms with Crippen molar-refractivity contribution in [3.05, 3.63) is 53.1 Å². The van der Waals surface area contributed by atoms with Gasteiger partial charge in [0.05, 0.1) is 25.1 Å². The Morgan fingerprint density at radius 2 is 1.82 bits per heavy atom. The van der Waals surface area contributed by atoms with Gasteiger partial charge in [-0.25, -0.2) is 0 Å². The van der Waals surface area contributed by atoms with E-state index in [1.54, 1.807) is 25.5 Å². The fraction of sp³-hybridized carbons (Fsp3) is 0.235. The lowest BCUT2D eigenvalue weighted by molar-refractivity contribution is 0.230. The second-order valence-corrected chi connectivity index (χ2v) is 5.39. The number of methoxy groups -OCH3 is 1. The number of nitrogens with zero attached hydrogens (tertiary/aromatic N) is 1. The van der Waals surface area contributed by atoms with Gasteiger partial charge in [-0.1, -0.05) is 11.6 Å². The van der Waals surface area contributed by atoms with Crippen LogP contribution in [0.3, 0.4) is 0 Å². The molecule has 0 unspecified atom stereocenters. The van der Waals surface area contributed by atoms with Gasteiger partial charge < -0.3 is 9.47 Å². The fourth-order valence-corrected chi connectivity index (χ4v) is 1.95. The minimum Gasteiger partial charge on any atom is -0.493 e. The molecule has 0 aliphatic rings. The summed E-state index contributed by atoms with van der Waals surface area (Å²) < 4.78 is 11.0. The first kappa shape index (κ1) is 16.2. The molecule has 0 aromatic heterocycles. The molecule has 0 spiro atoms. The number of benzene rings is 2. The van der Waals surface area contributed by atoms with Crippen LogP contribution in [0, 0.1) is 0 Å². The molecule has 0 saturated carbocycles. The quantitative estimate of drug-likeness (QED) is 0.626. The van der Waals surface area contributed by atoms with Gasteiger partial charge in [0.2, 0.25) is 0 Å². The summed E-state index contributed by atoms with van der Waals surface area (Å²) in [5.74, 6) is 1.41. The lowest BCUT2D eigenvalue weighted by Crippen LogP contribution is -2.07. The maximum atomic E-state index is 5.84. The molecular weight excluding hydrogens is 300 g/mol. The standard InChI is InChI=1S/C17H19ClN2O2/c1-12(2)22-17-10-13(4-9-16(17)21-3)11-19-20-15-7-5-14(18)6-8-15/h4-12,20H,1-3H3/b19-11+. The molecule has 0 aliphatic heterocycles. The zero-order valence-corrected chi connectivity index (χ0v) is 13.6. The molecular formula is C17H19ClN2O2. The summed E-state index contributed by atoms with van der Waals surface area (Å²) in [5, 5.41) is 4.90. The highest BCUT2D eigenvalue weighted by Gasteiger charge is 2.06. The molecule has 2 aromatic rings. The van der Waals surface area contributed by atoms with Crippen LogP contribution in [0.25, 0.3) is 0 Å². The molecule has 2 rings (SSSR count). The average Bonchev–Trinajstić information content (AvgIpc) is 2.49. The topological polar surface area (TPSA) is 42.8 Å². The number of ether oxygens (including phenoxy) is 2. The van der Waals surface area contributed by atoms with Gasteiger partial charge in [0.25, 0.3) is 0 Å². The van der Waals surface area contributed by atoms with Gasteiger partial charge in [-0.15, -0.1) is 0 Å². The van der Waals surface area contributed by atoms with E-state index in [2.05, 4.69) is 10.5 Å². The third-order valence-electron chi connectivity index (χ3n) is 2.80. The third-order valence-corrected chi connectivity index (χ3v) is 3.05. The molecule has 0 aliphatic carbocycles. The van der Waals surface area contributed by atoms with Gasteiger partial charge in [0.15, 0.2) is 11.5 Å². The number of hydrogen-bond acceptors (Lipinski definition) is 4. The molecule has 0 bridgehead atoms. The highest BCUT2D eigenvalue weighted by atomic mass is 35.5. The Kier molecular flexibility index (Phi) is 5.67. The molecule has 2 aromatic carbocycles. The normalized spacial score (nSPS) is 11.0. The van der Waals surface area contributed by atoms with Gasteiger partial charge >= 0.3 is 0 Å². The molecule has 22 heavy (non-hydrogen) atoms. The van der Waals surface area contributed by atoms with Crippen molar-refractivity contribution in [2.75, 3.05) is 12.5 Å². The molecule has 0 heterocycles. The van der Waals surface area contributed by atoms with Crippen LogP contribution in [0.1, 0.15) is 19.4 Å². The number of hydrogen-bond donors (Lipinski definition) is 1. The highest BCUT2D eigenvalue weighted by Crippen LogP contribution is 2.28. The molecule has 116 valence electrons. The highest BCUT2D eigenvalue weighted by molar-refractivity contribution is 6.30. The molecule has 0 amide bonds. The van der Waals surface area contributed by atoms with Crippen molar-refractivity contribution in [3.63, 3.8) is 0 Å². The second kappa shape index (κ2) is 7.71. The Morgan fingerprint density at radius 1 is 1.09 bits per heavy atom. The van der Waals surface area contributed by atoms with Crippen LogP contribution in [-0.4, -0.2) is 19.4 Å². The molecule has 0 atom stereocenters. The minimum atomic E-state index is 0.0771. The average molecular weight is 319 g/mol. The van der Waals surface area contributed by atoms with Crippen LogP contribution < -0.4 is 14.9 Å². The maximum absolute atomic E-state index is 5.84. The van der Waals surface area contributed by atoms with E-state index in [4.69, 9.17) is 21.1 Å². The van der Waals surface area contributed by atoms with Crippen molar-refractivity contribution in [1.29, 1.82) is 0 Å². The zero-order valence-electron chi connectivity index (χ0n) is 12.8. The number of anilines is 1. The summed E-state index contributed by atoms with van der Waals surface area (Å²) in [6.45, 7) is 3.95. The summed E-state index contributed by atoms with van der Waals surface area (Å²) in [4.78, 5) is 0. The van der Waals surface area contributed by atoms with Crippen LogP contribution >= 0.6 is 11.6 Å². The number of rotatable bonds is 6. The van der Waals surface area contributed by atoms with Crippen molar-refractivity contribution >= 4 is 23.5 Å². The molecule has 0 saturated heterocycles. The SMILES string of the molecule is COc1ccc(/C=N/Nc2ccc(Cl)cc2)cc1OC(C)C. The Hall–Kier alpha value is -2.20. The van der Waals surface area contributed by atoms with E-state index >= 15 is 0 Å². The lowest BCUT2D eigenvalue weighted by atomic mass is 10.2. The Bertz CT molecular complexity index is 640. The van der Waals surface area contributed by atoms with Crippen molar-refractivity contribution < 1.29 is 9.47 Å².